The number of likely N-dealkylation sites (tertiary alicyclic amines) is 1. The second-order valence-electron chi connectivity index (χ2n) is 6.22. The smallest absolute Gasteiger partial charge is 0.350 e. The van der Waals surface area contributed by atoms with Crippen molar-refractivity contribution in [3.05, 3.63) is 35.9 Å². The van der Waals surface area contributed by atoms with Crippen LogP contribution < -0.4 is 0 Å². The Balaban J connectivity index is 1.48. The fraction of sp³-hybridized carbons (Fsp3) is 0.500. The van der Waals surface area contributed by atoms with E-state index in [1.165, 1.54) is 18.2 Å². The Bertz CT molecular complexity index is 634. The fourth-order valence-electron chi connectivity index (χ4n) is 3.09. The van der Waals surface area contributed by atoms with Crippen LogP contribution in [-0.2, 0) is 14.3 Å². The van der Waals surface area contributed by atoms with Crippen LogP contribution in [0.25, 0.3) is 6.08 Å². The van der Waals surface area contributed by atoms with Crippen molar-refractivity contribution in [3.63, 3.8) is 0 Å². The molecule has 1 amide bonds. The monoisotopic (exact) mass is 387 g/mol. The average molecular weight is 387 g/mol. The molecule has 0 aromatic heterocycles. The molecule has 0 N–H and O–H groups in total. The molecule has 2 saturated heterocycles. The maximum absolute atomic E-state index is 12.3. The molecule has 0 unspecified atom stereocenters. The summed E-state index contributed by atoms with van der Waals surface area (Å²) in [6.07, 6.45) is 4.63. The number of alkyl halides is 3. The highest BCUT2D eigenvalue weighted by Crippen LogP contribution is 2.36. The van der Waals surface area contributed by atoms with E-state index >= 15 is 0 Å². The summed E-state index contributed by atoms with van der Waals surface area (Å²) in [7, 11) is 0. The van der Waals surface area contributed by atoms with Gasteiger partial charge in [-0.25, -0.2) is 0 Å². The molecule has 26 heavy (non-hydrogen) atoms. The molecule has 8 heteroatoms. The number of nitrogens with zero attached hydrogens (tertiary/aromatic N) is 1. The summed E-state index contributed by atoms with van der Waals surface area (Å²) in [4.78, 5) is 14.2. The van der Waals surface area contributed by atoms with Crippen LogP contribution in [0.1, 0.15) is 18.4 Å². The van der Waals surface area contributed by atoms with Crippen molar-refractivity contribution in [2.24, 2.45) is 5.92 Å². The standard InChI is InChI=1S/C18H20F3NO3S/c19-18(20,21)26-15-4-1-13(2-5-15)3-6-16(23)22-9-7-14(8-10-22)17-24-11-12-25-17/h1-6,14,17H,7-12H2/b6-3+. The normalized spacial score (nSPS) is 20.2. The van der Waals surface area contributed by atoms with Crippen LogP contribution in [-0.4, -0.2) is 48.9 Å². The molecule has 0 saturated carbocycles. The van der Waals surface area contributed by atoms with Gasteiger partial charge in [0.05, 0.1) is 13.2 Å². The van der Waals surface area contributed by atoms with Crippen LogP contribution in [0.15, 0.2) is 35.2 Å². The second-order valence-corrected chi connectivity index (χ2v) is 7.36. The van der Waals surface area contributed by atoms with Gasteiger partial charge in [0.25, 0.3) is 0 Å². The van der Waals surface area contributed by atoms with Gasteiger partial charge in [-0.2, -0.15) is 13.2 Å². The minimum atomic E-state index is -4.30. The molecule has 1 aromatic rings. The van der Waals surface area contributed by atoms with Crippen LogP contribution in [0.4, 0.5) is 13.2 Å². The zero-order valence-electron chi connectivity index (χ0n) is 14.1. The molecular weight excluding hydrogens is 367 g/mol. The molecule has 142 valence electrons. The molecule has 0 radical (unpaired) electrons. The van der Waals surface area contributed by atoms with Gasteiger partial charge in [-0.3, -0.25) is 4.79 Å². The third-order valence-corrected chi connectivity index (χ3v) is 5.16. The highest BCUT2D eigenvalue weighted by Gasteiger charge is 2.31. The van der Waals surface area contributed by atoms with Crippen LogP contribution in [0.2, 0.25) is 0 Å². The predicted molar refractivity (Wildman–Crippen MR) is 92.4 cm³/mol. The lowest BCUT2D eigenvalue weighted by atomic mass is 9.96. The van der Waals surface area contributed by atoms with Gasteiger partial charge in [-0.15, -0.1) is 0 Å². The Morgan fingerprint density at radius 1 is 1.12 bits per heavy atom. The number of hydrogen-bond acceptors (Lipinski definition) is 4. The number of amides is 1. The van der Waals surface area contributed by atoms with Crippen molar-refractivity contribution < 1.29 is 27.4 Å². The first-order valence-corrected chi connectivity index (χ1v) is 9.28. The Kier molecular flexibility index (Phi) is 6.26. The Morgan fingerprint density at radius 2 is 1.73 bits per heavy atom. The number of thioether (sulfide) groups is 1. The minimum Gasteiger partial charge on any atom is -0.350 e. The molecule has 2 aliphatic rings. The van der Waals surface area contributed by atoms with E-state index in [-0.39, 0.29) is 28.9 Å². The molecule has 4 nitrogen and oxygen atoms in total. The quantitative estimate of drug-likeness (QED) is 0.580. The number of benzene rings is 1. The SMILES string of the molecule is O=C(/C=C/c1ccc(SC(F)(F)F)cc1)N1CCC(C2OCCO2)CC1. The lowest BCUT2D eigenvalue weighted by molar-refractivity contribution is -0.131. The summed E-state index contributed by atoms with van der Waals surface area (Å²) in [6, 6.07) is 5.93. The van der Waals surface area contributed by atoms with E-state index in [0.717, 1.165) is 12.8 Å². The molecule has 1 aromatic carbocycles. The molecule has 2 fully saturated rings. The Hall–Kier alpha value is -1.51. The van der Waals surface area contributed by atoms with Crippen molar-refractivity contribution in [3.8, 4) is 0 Å². The zero-order valence-corrected chi connectivity index (χ0v) is 14.9. The topological polar surface area (TPSA) is 38.8 Å². The van der Waals surface area contributed by atoms with Gasteiger partial charge in [0, 0.05) is 30.0 Å². The van der Waals surface area contributed by atoms with E-state index in [9.17, 15) is 18.0 Å². The third kappa shape index (κ3) is 5.49. The van der Waals surface area contributed by atoms with Crippen molar-refractivity contribution in [1.82, 2.24) is 4.90 Å². The lowest BCUT2D eigenvalue weighted by Gasteiger charge is -2.33. The number of carbonyl (C=O) groups is 1. The molecule has 0 bridgehead atoms. The first-order valence-electron chi connectivity index (χ1n) is 8.47. The first-order chi connectivity index (χ1) is 12.4. The maximum atomic E-state index is 12.3. The van der Waals surface area contributed by atoms with E-state index in [0.29, 0.717) is 37.8 Å². The van der Waals surface area contributed by atoms with Crippen LogP contribution >= 0.6 is 11.8 Å². The molecule has 2 aliphatic heterocycles. The predicted octanol–water partition coefficient (Wildman–Crippen LogP) is 3.92. The largest absolute Gasteiger partial charge is 0.446 e. The van der Waals surface area contributed by atoms with E-state index in [1.54, 1.807) is 23.1 Å². The summed E-state index contributed by atoms with van der Waals surface area (Å²) in [5.74, 6) is 0.231. The van der Waals surface area contributed by atoms with E-state index in [2.05, 4.69) is 0 Å². The number of piperidine rings is 1. The summed E-state index contributed by atoms with van der Waals surface area (Å²) in [5, 5.41) is 0. The van der Waals surface area contributed by atoms with Gasteiger partial charge in [0.1, 0.15) is 0 Å². The number of halogens is 3. The fourth-order valence-corrected chi connectivity index (χ4v) is 3.63. The molecule has 0 spiro atoms. The molecule has 0 atom stereocenters. The van der Waals surface area contributed by atoms with Crippen molar-refractivity contribution >= 4 is 23.7 Å². The van der Waals surface area contributed by atoms with Gasteiger partial charge in [0.15, 0.2) is 6.29 Å². The zero-order chi connectivity index (χ0) is 18.6. The molecule has 0 aliphatic carbocycles. The van der Waals surface area contributed by atoms with Crippen LogP contribution in [0.3, 0.4) is 0 Å². The molecule has 3 rings (SSSR count). The lowest BCUT2D eigenvalue weighted by Crippen LogP contribution is -2.40. The van der Waals surface area contributed by atoms with Crippen LogP contribution in [0, 0.1) is 5.92 Å². The van der Waals surface area contributed by atoms with Crippen molar-refractivity contribution in [2.45, 2.75) is 29.5 Å². The van der Waals surface area contributed by atoms with E-state index in [4.69, 9.17) is 9.47 Å². The van der Waals surface area contributed by atoms with E-state index in [1.807, 2.05) is 0 Å². The van der Waals surface area contributed by atoms with Gasteiger partial charge in [-0.1, -0.05) is 12.1 Å². The third-order valence-electron chi connectivity index (χ3n) is 4.42. The van der Waals surface area contributed by atoms with Gasteiger partial charge >= 0.3 is 5.51 Å². The summed E-state index contributed by atoms with van der Waals surface area (Å²) >= 11 is -0.153. The molecular formula is C18H20F3NO3S. The van der Waals surface area contributed by atoms with E-state index < -0.39 is 5.51 Å². The first kappa shape index (κ1) is 19.3. The summed E-state index contributed by atoms with van der Waals surface area (Å²) < 4.78 is 48.0. The summed E-state index contributed by atoms with van der Waals surface area (Å²) in [6.45, 7) is 2.57. The summed E-state index contributed by atoms with van der Waals surface area (Å²) in [5.41, 5.74) is -3.61. The van der Waals surface area contributed by atoms with Gasteiger partial charge < -0.3 is 14.4 Å². The maximum Gasteiger partial charge on any atom is 0.446 e. The number of rotatable bonds is 4. The van der Waals surface area contributed by atoms with Crippen LogP contribution in [0.5, 0.6) is 0 Å². The second kappa shape index (κ2) is 8.45. The number of carbonyl (C=O) groups excluding carboxylic acids is 1. The van der Waals surface area contributed by atoms with Gasteiger partial charge in [0.2, 0.25) is 5.91 Å². The van der Waals surface area contributed by atoms with Gasteiger partial charge in [-0.05, 0) is 48.4 Å². The number of hydrogen-bond donors (Lipinski definition) is 0. The highest BCUT2D eigenvalue weighted by molar-refractivity contribution is 8.00. The highest BCUT2D eigenvalue weighted by atomic mass is 32.2. The van der Waals surface area contributed by atoms with Crippen molar-refractivity contribution in [2.75, 3.05) is 26.3 Å². The Labute approximate surface area is 154 Å². The number of ether oxygens (including phenoxy) is 2. The minimum absolute atomic E-state index is 0.0922. The molecule has 2 heterocycles. The Morgan fingerprint density at radius 3 is 2.31 bits per heavy atom. The van der Waals surface area contributed by atoms with Crippen molar-refractivity contribution in [1.29, 1.82) is 0 Å². The average Bonchev–Trinajstić information content (AvgIpc) is 3.14.